The zero-order valence-electron chi connectivity index (χ0n) is 11.2. The maximum absolute atomic E-state index is 8.70. The molecule has 0 saturated heterocycles. The van der Waals surface area contributed by atoms with Crippen LogP contribution in [0.15, 0.2) is 24.5 Å². The van der Waals surface area contributed by atoms with Crippen molar-refractivity contribution in [3.05, 3.63) is 35.8 Å². The third-order valence-electron chi connectivity index (χ3n) is 1.96. The number of nitrogens with zero attached hydrogens (tertiary/aromatic N) is 3. The Balaban J connectivity index is 0.000000581. The van der Waals surface area contributed by atoms with Gasteiger partial charge in [0.25, 0.3) is 0 Å². The van der Waals surface area contributed by atoms with Crippen LogP contribution in [0.5, 0.6) is 0 Å². The molecule has 0 aliphatic rings. The summed E-state index contributed by atoms with van der Waals surface area (Å²) >= 11 is 0. The van der Waals surface area contributed by atoms with Gasteiger partial charge in [0.15, 0.2) is 0 Å². The first-order valence-corrected chi connectivity index (χ1v) is 5.93. The van der Waals surface area contributed by atoms with E-state index >= 15 is 0 Å². The standard InChI is InChI=1S/C10H7N3.2C2H6/c1-7-9-4-8(5-11)2-3-10(9)13-6-12-7;2*1-2/h2-4,6H,1H3;2*1-2H3. The van der Waals surface area contributed by atoms with Gasteiger partial charge >= 0.3 is 0 Å². The highest BCUT2D eigenvalue weighted by Gasteiger charge is 1.99. The lowest BCUT2D eigenvalue weighted by Gasteiger charge is -1.99. The second-order valence-electron chi connectivity index (χ2n) is 2.80. The van der Waals surface area contributed by atoms with Gasteiger partial charge in [-0.05, 0) is 25.1 Å². The molecular weight excluding hydrogens is 210 g/mol. The van der Waals surface area contributed by atoms with E-state index in [0.717, 1.165) is 16.6 Å². The molecule has 0 aliphatic heterocycles. The van der Waals surface area contributed by atoms with Gasteiger partial charge in [0.2, 0.25) is 0 Å². The fourth-order valence-electron chi connectivity index (χ4n) is 1.26. The molecular formula is C14H19N3. The number of nitriles is 1. The van der Waals surface area contributed by atoms with E-state index in [-0.39, 0.29) is 0 Å². The van der Waals surface area contributed by atoms with Crippen molar-refractivity contribution in [2.75, 3.05) is 0 Å². The minimum Gasteiger partial charge on any atom is -0.241 e. The second kappa shape index (κ2) is 8.23. The van der Waals surface area contributed by atoms with E-state index in [1.54, 1.807) is 6.07 Å². The van der Waals surface area contributed by atoms with Crippen LogP contribution in [0.2, 0.25) is 0 Å². The van der Waals surface area contributed by atoms with E-state index < -0.39 is 0 Å². The van der Waals surface area contributed by atoms with Gasteiger partial charge < -0.3 is 0 Å². The first kappa shape index (κ1) is 15.0. The molecule has 2 rings (SSSR count). The molecule has 90 valence electrons. The summed E-state index contributed by atoms with van der Waals surface area (Å²) in [5.74, 6) is 0. The Morgan fingerprint density at radius 2 is 1.71 bits per heavy atom. The maximum Gasteiger partial charge on any atom is 0.116 e. The zero-order valence-corrected chi connectivity index (χ0v) is 11.2. The molecule has 0 fully saturated rings. The maximum atomic E-state index is 8.70. The molecule has 1 aromatic heterocycles. The molecule has 2 aromatic rings. The quantitative estimate of drug-likeness (QED) is 0.689. The molecule has 0 saturated carbocycles. The highest BCUT2D eigenvalue weighted by atomic mass is 14.8. The van der Waals surface area contributed by atoms with Crippen LogP contribution in [0.3, 0.4) is 0 Å². The van der Waals surface area contributed by atoms with Crippen LogP contribution in [-0.4, -0.2) is 9.97 Å². The molecule has 0 bridgehead atoms. The van der Waals surface area contributed by atoms with Gasteiger partial charge in [0.1, 0.15) is 6.33 Å². The first-order valence-electron chi connectivity index (χ1n) is 5.93. The highest BCUT2D eigenvalue weighted by molar-refractivity contribution is 5.81. The smallest absolute Gasteiger partial charge is 0.116 e. The summed E-state index contributed by atoms with van der Waals surface area (Å²) in [5, 5.41) is 9.64. The van der Waals surface area contributed by atoms with E-state index in [9.17, 15) is 0 Å². The Labute approximate surface area is 103 Å². The summed E-state index contributed by atoms with van der Waals surface area (Å²) in [6, 6.07) is 7.50. The van der Waals surface area contributed by atoms with Crippen molar-refractivity contribution in [3.63, 3.8) is 0 Å². The van der Waals surface area contributed by atoms with Crippen molar-refractivity contribution >= 4 is 10.9 Å². The number of hydrogen-bond acceptors (Lipinski definition) is 3. The molecule has 0 aliphatic carbocycles. The molecule has 0 amide bonds. The minimum atomic E-state index is 0.644. The first-order chi connectivity index (χ1) is 8.31. The van der Waals surface area contributed by atoms with Crippen LogP contribution in [0.1, 0.15) is 39.0 Å². The van der Waals surface area contributed by atoms with Crippen molar-refractivity contribution < 1.29 is 0 Å². The summed E-state index contributed by atoms with van der Waals surface area (Å²) in [6.45, 7) is 9.91. The number of benzene rings is 1. The summed E-state index contributed by atoms with van der Waals surface area (Å²) < 4.78 is 0. The molecule has 0 spiro atoms. The molecule has 0 radical (unpaired) electrons. The Hall–Kier alpha value is -1.95. The SMILES string of the molecule is CC.CC.Cc1ncnc2ccc(C#N)cc12. The van der Waals surface area contributed by atoms with Crippen LogP contribution in [0, 0.1) is 18.3 Å². The Kier molecular flexibility index (Phi) is 7.29. The van der Waals surface area contributed by atoms with E-state index in [1.165, 1.54) is 6.33 Å². The Morgan fingerprint density at radius 3 is 2.29 bits per heavy atom. The van der Waals surface area contributed by atoms with Gasteiger partial charge in [-0.1, -0.05) is 27.7 Å². The summed E-state index contributed by atoms with van der Waals surface area (Å²) in [5.41, 5.74) is 2.43. The van der Waals surface area contributed by atoms with Crippen molar-refractivity contribution in [1.29, 1.82) is 5.26 Å². The van der Waals surface area contributed by atoms with Crippen LogP contribution in [0.25, 0.3) is 10.9 Å². The lowest BCUT2D eigenvalue weighted by Crippen LogP contribution is -1.87. The Bertz CT molecular complexity index is 498. The fourth-order valence-corrected chi connectivity index (χ4v) is 1.26. The van der Waals surface area contributed by atoms with E-state index in [4.69, 9.17) is 5.26 Å². The fraction of sp³-hybridized carbons (Fsp3) is 0.357. The molecule has 3 nitrogen and oxygen atoms in total. The average Bonchev–Trinajstić information content (AvgIpc) is 2.43. The summed E-state index contributed by atoms with van der Waals surface area (Å²) in [7, 11) is 0. The number of fused-ring (bicyclic) bond motifs is 1. The summed E-state index contributed by atoms with van der Waals surface area (Å²) in [4.78, 5) is 8.16. The van der Waals surface area contributed by atoms with E-state index in [2.05, 4.69) is 16.0 Å². The largest absolute Gasteiger partial charge is 0.241 e. The molecule has 17 heavy (non-hydrogen) atoms. The predicted molar refractivity (Wildman–Crippen MR) is 71.7 cm³/mol. The molecule has 0 unspecified atom stereocenters. The zero-order chi connectivity index (χ0) is 13.3. The van der Waals surface area contributed by atoms with Crippen molar-refractivity contribution in [2.45, 2.75) is 34.6 Å². The van der Waals surface area contributed by atoms with Crippen molar-refractivity contribution in [1.82, 2.24) is 9.97 Å². The molecule has 1 heterocycles. The lowest BCUT2D eigenvalue weighted by molar-refractivity contribution is 1.15. The predicted octanol–water partition coefficient (Wildman–Crippen LogP) is 3.86. The molecule has 1 aromatic carbocycles. The van der Waals surface area contributed by atoms with Gasteiger partial charge in [-0.25, -0.2) is 9.97 Å². The molecule has 3 heteroatoms. The third-order valence-corrected chi connectivity index (χ3v) is 1.96. The van der Waals surface area contributed by atoms with Gasteiger partial charge in [-0.3, -0.25) is 0 Å². The van der Waals surface area contributed by atoms with Gasteiger partial charge in [0, 0.05) is 11.1 Å². The normalized spacial score (nSPS) is 8.24. The molecule has 0 atom stereocenters. The van der Waals surface area contributed by atoms with Crippen LogP contribution < -0.4 is 0 Å². The summed E-state index contributed by atoms with van der Waals surface area (Å²) in [6.07, 6.45) is 1.53. The number of rotatable bonds is 0. The van der Waals surface area contributed by atoms with E-state index in [1.807, 2.05) is 46.8 Å². The average molecular weight is 229 g/mol. The number of aromatic nitrogens is 2. The van der Waals surface area contributed by atoms with Gasteiger partial charge in [-0.15, -0.1) is 0 Å². The van der Waals surface area contributed by atoms with Crippen LogP contribution in [-0.2, 0) is 0 Å². The highest BCUT2D eigenvalue weighted by Crippen LogP contribution is 2.15. The third kappa shape index (κ3) is 3.84. The Morgan fingerprint density at radius 1 is 1.06 bits per heavy atom. The number of hydrogen-bond donors (Lipinski definition) is 0. The second-order valence-corrected chi connectivity index (χ2v) is 2.80. The van der Waals surface area contributed by atoms with Crippen molar-refractivity contribution in [2.24, 2.45) is 0 Å². The van der Waals surface area contributed by atoms with Crippen molar-refractivity contribution in [3.8, 4) is 6.07 Å². The van der Waals surface area contributed by atoms with Gasteiger partial charge in [0.05, 0.1) is 17.1 Å². The van der Waals surface area contributed by atoms with Gasteiger partial charge in [-0.2, -0.15) is 5.26 Å². The monoisotopic (exact) mass is 229 g/mol. The van der Waals surface area contributed by atoms with E-state index in [0.29, 0.717) is 5.56 Å². The number of aryl methyl sites for hydroxylation is 1. The van der Waals surface area contributed by atoms with Crippen LogP contribution >= 0.6 is 0 Å². The minimum absolute atomic E-state index is 0.644. The van der Waals surface area contributed by atoms with Crippen LogP contribution in [0.4, 0.5) is 0 Å². The lowest BCUT2D eigenvalue weighted by atomic mass is 10.1. The topological polar surface area (TPSA) is 49.6 Å². The molecule has 0 N–H and O–H groups in total.